The van der Waals surface area contributed by atoms with E-state index in [2.05, 4.69) is 36.2 Å². The second kappa shape index (κ2) is 4.20. The lowest BCUT2D eigenvalue weighted by atomic mass is 9.89. The number of hydrogen-bond donors (Lipinski definition) is 0. The number of ketones is 1. The number of hydrogen-bond acceptors (Lipinski definition) is 2. The number of aromatic nitrogens is 1. The van der Waals surface area contributed by atoms with Crippen molar-refractivity contribution in [2.45, 2.75) is 32.6 Å². The van der Waals surface area contributed by atoms with Gasteiger partial charge in [0.2, 0.25) is 0 Å². The molecule has 1 aromatic carbocycles. The molecule has 0 spiro atoms. The molecule has 1 aliphatic rings. The summed E-state index contributed by atoms with van der Waals surface area (Å²) < 4.78 is 0. The van der Waals surface area contributed by atoms with Gasteiger partial charge in [-0.15, -0.1) is 0 Å². The number of rotatable bonds is 1. The smallest absolute Gasteiger partial charge is 0.136 e. The standard InChI is InChI=1S/C16H17NO/c1-10-3-4-13-9-12(5-7-15(13)17-10)14-6-8-16(18)11(14)2/h3-5,7,9,11,14H,6,8H2,1-2H3. The van der Waals surface area contributed by atoms with Crippen molar-refractivity contribution < 1.29 is 4.79 Å². The third kappa shape index (κ3) is 1.82. The maximum absolute atomic E-state index is 11.7. The van der Waals surface area contributed by atoms with Gasteiger partial charge in [-0.25, -0.2) is 0 Å². The molecule has 0 amide bonds. The number of nitrogens with zero attached hydrogens (tertiary/aromatic N) is 1. The predicted octanol–water partition coefficient (Wildman–Crippen LogP) is 3.63. The van der Waals surface area contributed by atoms with Gasteiger partial charge in [-0.3, -0.25) is 9.78 Å². The number of carbonyl (C=O) groups excluding carboxylic acids is 1. The SMILES string of the molecule is Cc1ccc2cc(C3CCC(=O)C3C)ccc2n1. The Labute approximate surface area is 107 Å². The van der Waals surface area contributed by atoms with Crippen LogP contribution in [0.2, 0.25) is 0 Å². The van der Waals surface area contributed by atoms with E-state index >= 15 is 0 Å². The summed E-state index contributed by atoms with van der Waals surface area (Å²) in [4.78, 5) is 16.2. The maximum Gasteiger partial charge on any atom is 0.136 e. The van der Waals surface area contributed by atoms with Gasteiger partial charge in [0.05, 0.1) is 5.52 Å². The summed E-state index contributed by atoms with van der Waals surface area (Å²) in [6.07, 6.45) is 1.72. The van der Waals surface area contributed by atoms with Crippen molar-refractivity contribution in [1.29, 1.82) is 0 Å². The molecule has 0 aliphatic heterocycles. The topological polar surface area (TPSA) is 30.0 Å². The Morgan fingerprint density at radius 1 is 1.22 bits per heavy atom. The van der Waals surface area contributed by atoms with Crippen LogP contribution in [0.15, 0.2) is 30.3 Å². The van der Waals surface area contributed by atoms with Crippen molar-refractivity contribution in [3.05, 3.63) is 41.6 Å². The van der Waals surface area contributed by atoms with Crippen molar-refractivity contribution in [3.8, 4) is 0 Å². The zero-order chi connectivity index (χ0) is 12.7. The molecule has 1 saturated carbocycles. The molecule has 2 atom stereocenters. The van der Waals surface area contributed by atoms with E-state index in [0.717, 1.165) is 24.1 Å². The summed E-state index contributed by atoms with van der Waals surface area (Å²) in [7, 11) is 0. The fourth-order valence-corrected chi connectivity index (χ4v) is 2.93. The number of benzene rings is 1. The molecule has 2 unspecified atom stereocenters. The number of carbonyl (C=O) groups is 1. The highest BCUT2D eigenvalue weighted by Gasteiger charge is 2.31. The molecule has 0 radical (unpaired) electrons. The Kier molecular flexibility index (Phi) is 2.66. The van der Waals surface area contributed by atoms with Gasteiger partial charge in [0.15, 0.2) is 0 Å². The van der Waals surface area contributed by atoms with E-state index in [0.29, 0.717) is 11.7 Å². The van der Waals surface area contributed by atoms with Crippen LogP contribution in [0.1, 0.15) is 36.9 Å². The van der Waals surface area contributed by atoms with Crippen molar-refractivity contribution >= 4 is 16.7 Å². The van der Waals surface area contributed by atoms with Crippen molar-refractivity contribution in [1.82, 2.24) is 4.98 Å². The lowest BCUT2D eigenvalue weighted by molar-refractivity contribution is -0.120. The Morgan fingerprint density at radius 2 is 2.06 bits per heavy atom. The minimum Gasteiger partial charge on any atom is -0.299 e. The fourth-order valence-electron chi connectivity index (χ4n) is 2.93. The molecule has 18 heavy (non-hydrogen) atoms. The minimum atomic E-state index is 0.167. The van der Waals surface area contributed by atoms with Crippen LogP contribution in [-0.2, 0) is 4.79 Å². The normalized spacial score (nSPS) is 23.8. The van der Waals surface area contributed by atoms with Crippen LogP contribution in [0.4, 0.5) is 0 Å². The van der Waals surface area contributed by atoms with E-state index < -0.39 is 0 Å². The van der Waals surface area contributed by atoms with Crippen molar-refractivity contribution in [2.75, 3.05) is 0 Å². The monoisotopic (exact) mass is 239 g/mol. The van der Waals surface area contributed by atoms with Gasteiger partial charge in [-0.2, -0.15) is 0 Å². The van der Waals surface area contributed by atoms with Gasteiger partial charge in [0, 0.05) is 23.4 Å². The van der Waals surface area contributed by atoms with Gasteiger partial charge in [-0.1, -0.05) is 19.1 Å². The summed E-state index contributed by atoms with van der Waals surface area (Å²) >= 11 is 0. The second-order valence-corrected chi connectivity index (χ2v) is 5.30. The third-order valence-corrected chi connectivity index (χ3v) is 4.09. The molecule has 1 aromatic heterocycles. The highest BCUT2D eigenvalue weighted by Crippen LogP contribution is 2.37. The first kappa shape index (κ1) is 11.4. The predicted molar refractivity (Wildman–Crippen MR) is 72.6 cm³/mol. The Balaban J connectivity index is 2.03. The molecule has 2 heteroatoms. The van der Waals surface area contributed by atoms with Gasteiger partial charge in [0.1, 0.15) is 5.78 Å². The third-order valence-electron chi connectivity index (χ3n) is 4.09. The Morgan fingerprint density at radius 3 is 2.78 bits per heavy atom. The number of fused-ring (bicyclic) bond motifs is 1. The Bertz CT molecular complexity index is 618. The van der Waals surface area contributed by atoms with Crippen LogP contribution >= 0.6 is 0 Å². The molecular formula is C16H17NO. The first-order chi connectivity index (χ1) is 8.65. The van der Waals surface area contributed by atoms with Gasteiger partial charge >= 0.3 is 0 Å². The highest BCUT2D eigenvalue weighted by molar-refractivity contribution is 5.85. The van der Waals surface area contributed by atoms with E-state index in [1.807, 2.05) is 13.0 Å². The Hall–Kier alpha value is -1.70. The molecule has 2 aromatic rings. The molecule has 1 aliphatic carbocycles. The van der Waals surface area contributed by atoms with Crippen LogP contribution in [-0.4, -0.2) is 10.8 Å². The lowest BCUT2D eigenvalue weighted by Gasteiger charge is -2.15. The molecule has 92 valence electrons. The maximum atomic E-state index is 11.7. The van der Waals surface area contributed by atoms with Crippen molar-refractivity contribution in [2.24, 2.45) is 5.92 Å². The van der Waals surface area contributed by atoms with Crippen LogP contribution in [0, 0.1) is 12.8 Å². The molecule has 1 fully saturated rings. The summed E-state index contributed by atoms with van der Waals surface area (Å²) in [5.41, 5.74) is 3.36. The van der Waals surface area contributed by atoms with Crippen LogP contribution in [0.3, 0.4) is 0 Å². The molecule has 1 heterocycles. The molecule has 0 N–H and O–H groups in total. The lowest BCUT2D eigenvalue weighted by Crippen LogP contribution is -2.08. The zero-order valence-electron chi connectivity index (χ0n) is 10.8. The fraction of sp³-hybridized carbons (Fsp3) is 0.375. The molecule has 2 nitrogen and oxygen atoms in total. The molecule has 3 rings (SSSR count). The molecular weight excluding hydrogens is 222 g/mol. The quantitative estimate of drug-likeness (QED) is 0.760. The zero-order valence-corrected chi connectivity index (χ0v) is 10.8. The average Bonchev–Trinajstić information content (AvgIpc) is 2.69. The van der Waals surface area contributed by atoms with Crippen LogP contribution in [0.5, 0.6) is 0 Å². The van der Waals surface area contributed by atoms with E-state index in [1.165, 1.54) is 10.9 Å². The highest BCUT2D eigenvalue weighted by atomic mass is 16.1. The van der Waals surface area contributed by atoms with E-state index in [-0.39, 0.29) is 5.92 Å². The van der Waals surface area contributed by atoms with Crippen LogP contribution in [0.25, 0.3) is 10.9 Å². The number of pyridine rings is 1. The summed E-state index contributed by atoms with van der Waals surface area (Å²) in [5, 5.41) is 1.17. The van der Waals surface area contributed by atoms with Gasteiger partial charge in [0.25, 0.3) is 0 Å². The summed E-state index contributed by atoms with van der Waals surface area (Å²) in [6, 6.07) is 10.6. The van der Waals surface area contributed by atoms with Gasteiger partial charge < -0.3 is 0 Å². The average molecular weight is 239 g/mol. The summed E-state index contributed by atoms with van der Waals surface area (Å²) in [5.74, 6) is 0.964. The van der Waals surface area contributed by atoms with Crippen molar-refractivity contribution in [3.63, 3.8) is 0 Å². The largest absolute Gasteiger partial charge is 0.299 e. The first-order valence-corrected chi connectivity index (χ1v) is 6.55. The number of Topliss-reactive ketones (excluding diaryl/α,β-unsaturated/α-hetero) is 1. The number of aryl methyl sites for hydroxylation is 1. The second-order valence-electron chi connectivity index (χ2n) is 5.30. The van der Waals surface area contributed by atoms with E-state index in [1.54, 1.807) is 0 Å². The minimum absolute atomic E-state index is 0.167. The molecule has 0 saturated heterocycles. The van der Waals surface area contributed by atoms with E-state index in [9.17, 15) is 4.79 Å². The van der Waals surface area contributed by atoms with Gasteiger partial charge in [-0.05, 0) is 43.0 Å². The van der Waals surface area contributed by atoms with Crippen LogP contribution < -0.4 is 0 Å². The molecule has 0 bridgehead atoms. The first-order valence-electron chi connectivity index (χ1n) is 6.55. The van der Waals surface area contributed by atoms with E-state index in [4.69, 9.17) is 0 Å². The summed E-state index contributed by atoms with van der Waals surface area (Å²) in [6.45, 7) is 4.06.